The minimum absolute atomic E-state index is 0.122. The molecule has 1 unspecified atom stereocenters. The van der Waals surface area contributed by atoms with Crippen LogP contribution in [0.2, 0.25) is 0 Å². The molecular weight excluding hydrogens is 174 g/mol. The van der Waals surface area contributed by atoms with Crippen LogP contribution >= 0.6 is 0 Å². The fourth-order valence-electron chi connectivity index (χ4n) is 2.23. The molecule has 0 aromatic heterocycles. The van der Waals surface area contributed by atoms with E-state index in [1.54, 1.807) is 0 Å². The number of hydrogen-bond donors (Lipinski definition) is 1. The van der Waals surface area contributed by atoms with Gasteiger partial charge >= 0.3 is 0 Å². The Morgan fingerprint density at radius 3 is 2.50 bits per heavy atom. The second-order valence-corrected chi connectivity index (χ2v) is 4.68. The summed E-state index contributed by atoms with van der Waals surface area (Å²) < 4.78 is 0. The Hall–Kier alpha value is -0.0800. The largest absolute Gasteiger partial charge is 0.393 e. The molecule has 1 aliphatic rings. The van der Waals surface area contributed by atoms with Crippen LogP contribution in [0.1, 0.15) is 46.0 Å². The highest BCUT2D eigenvalue weighted by atomic mass is 16.3. The van der Waals surface area contributed by atoms with Gasteiger partial charge in [0.05, 0.1) is 6.10 Å². The van der Waals surface area contributed by atoms with Gasteiger partial charge in [0.25, 0.3) is 0 Å². The molecule has 1 rings (SSSR count). The Morgan fingerprint density at radius 2 is 2.00 bits per heavy atom. The molecule has 2 nitrogen and oxygen atoms in total. The third-order valence-electron chi connectivity index (χ3n) is 3.38. The molecule has 84 valence electrons. The van der Waals surface area contributed by atoms with E-state index >= 15 is 0 Å². The number of aliphatic hydroxyl groups excluding tert-OH is 1. The van der Waals surface area contributed by atoms with E-state index < -0.39 is 0 Å². The molecule has 0 spiro atoms. The Morgan fingerprint density at radius 1 is 1.36 bits per heavy atom. The van der Waals surface area contributed by atoms with Crippen molar-refractivity contribution in [2.24, 2.45) is 5.92 Å². The summed E-state index contributed by atoms with van der Waals surface area (Å²) in [6, 6.07) is 0. The lowest BCUT2D eigenvalue weighted by Gasteiger charge is -2.31. The van der Waals surface area contributed by atoms with Gasteiger partial charge in [0, 0.05) is 0 Å². The van der Waals surface area contributed by atoms with Crippen LogP contribution in [-0.4, -0.2) is 35.7 Å². The quantitative estimate of drug-likeness (QED) is 0.734. The van der Waals surface area contributed by atoms with E-state index in [-0.39, 0.29) is 6.10 Å². The number of hydrogen-bond acceptors (Lipinski definition) is 2. The summed E-state index contributed by atoms with van der Waals surface area (Å²) in [6.07, 6.45) is 6.09. The van der Waals surface area contributed by atoms with Crippen LogP contribution < -0.4 is 0 Å². The number of piperidine rings is 1. The highest BCUT2D eigenvalue weighted by Gasteiger charge is 2.16. The number of nitrogens with zero attached hydrogens (tertiary/aromatic N) is 1. The van der Waals surface area contributed by atoms with Crippen LogP contribution in [0.5, 0.6) is 0 Å². The summed E-state index contributed by atoms with van der Waals surface area (Å²) in [5, 5.41) is 9.14. The maximum Gasteiger partial charge on any atom is 0.0512 e. The zero-order valence-electron chi connectivity index (χ0n) is 9.71. The maximum atomic E-state index is 9.14. The van der Waals surface area contributed by atoms with Crippen molar-refractivity contribution in [2.45, 2.75) is 52.1 Å². The molecule has 0 aliphatic carbocycles. The highest BCUT2D eigenvalue weighted by Crippen LogP contribution is 2.19. The maximum absolute atomic E-state index is 9.14. The van der Waals surface area contributed by atoms with Gasteiger partial charge in [-0.3, -0.25) is 0 Å². The Balaban J connectivity index is 2.04. The van der Waals surface area contributed by atoms with Crippen LogP contribution in [0.25, 0.3) is 0 Å². The summed E-state index contributed by atoms with van der Waals surface area (Å²) >= 11 is 0. The third-order valence-corrected chi connectivity index (χ3v) is 3.38. The fourth-order valence-corrected chi connectivity index (χ4v) is 2.23. The first-order valence-corrected chi connectivity index (χ1v) is 6.12. The first-order chi connectivity index (χ1) is 6.72. The molecule has 0 saturated carbocycles. The van der Waals surface area contributed by atoms with Gasteiger partial charge in [-0.2, -0.15) is 0 Å². The number of rotatable bonds is 5. The van der Waals surface area contributed by atoms with Crippen LogP contribution in [-0.2, 0) is 0 Å². The Kier molecular flexibility index (Phi) is 5.49. The van der Waals surface area contributed by atoms with E-state index in [9.17, 15) is 0 Å². The summed E-state index contributed by atoms with van der Waals surface area (Å²) in [7, 11) is 0. The van der Waals surface area contributed by atoms with Crippen LogP contribution in [0.4, 0.5) is 0 Å². The van der Waals surface area contributed by atoms with E-state index in [0.717, 1.165) is 18.8 Å². The van der Waals surface area contributed by atoms with Crippen molar-refractivity contribution in [3.8, 4) is 0 Å². The minimum atomic E-state index is -0.122. The SMILES string of the molecule is CCC1CCN(CCCC(C)O)CC1. The van der Waals surface area contributed by atoms with Gasteiger partial charge in [-0.1, -0.05) is 13.3 Å². The normalized spacial score (nSPS) is 22.5. The predicted molar refractivity (Wildman–Crippen MR) is 60.4 cm³/mol. The zero-order chi connectivity index (χ0) is 10.4. The molecule has 1 atom stereocenters. The van der Waals surface area contributed by atoms with Gasteiger partial charge in [0.2, 0.25) is 0 Å². The lowest BCUT2D eigenvalue weighted by atomic mass is 9.94. The minimum Gasteiger partial charge on any atom is -0.393 e. The van der Waals surface area contributed by atoms with Crippen LogP contribution in [0.3, 0.4) is 0 Å². The smallest absolute Gasteiger partial charge is 0.0512 e. The van der Waals surface area contributed by atoms with Crippen LogP contribution in [0, 0.1) is 5.92 Å². The van der Waals surface area contributed by atoms with E-state index in [0.29, 0.717) is 0 Å². The van der Waals surface area contributed by atoms with Gasteiger partial charge in [-0.25, -0.2) is 0 Å². The lowest BCUT2D eigenvalue weighted by molar-refractivity contribution is 0.151. The molecule has 1 N–H and O–H groups in total. The highest BCUT2D eigenvalue weighted by molar-refractivity contribution is 4.71. The molecule has 0 aromatic carbocycles. The average Bonchev–Trinajstić information content (AvgIpc) is 2.18. The van der Waals surface area contributed by atoms with Gasteiger partial charge in [-0.15, -0.1) is 0 Å². The summed E-state index contributed by atoms with van der Waals surface area (Å²) in [6.45, 7) is 7.91. The fraction of sp³-hybridized carbons (Fsp3) is 1.00. The van der Waals surface area contributed by atoms with Crippen molar-refractivity contribution in [1.29, 1.82) is 0 Å². The molecule has 0 aromatic rings. The monoisotopic (exact) mass is 199 g/mol. The first-order valence-electron chi connectivity index (χ1n) is 6.12. The van der Waals surface area contributed by atoms with Crippen molar-refractivity contribution in [3.05, 3.63) is 0 Å². The van der Waals surface area contributed by atoms with Crippen molar-refractivity contribution in [3.63, 3.8) is 0 Å². The molecule has 1 aliphatic heterocycles. The van der Waals surface area contributed by atoms with E-state index in [1.165, 1.54) is 38.9 Å². The molecule has 1 heterocycles. The summed E-state index contributed by atoms with van der Waals surface area (Å²) in [5.41, 5.74) is 0. The van der Waals surface area contributed by atoms with Gasteiger partial charge < -0.3 is 10.0 Å². The third kappa shape index (κ3) is 4.43. The second-order valence-electron chi connectivity index (χ2n) is 4.68. The molecule has 1 saturated heterocycles. The van der Waals surface area contributed by atoms with E-state index in [2.05, 4.69) is 11.8 Å². The predicted octanol–water partition coefficient (Wildman–Crippen LogP) is 2.27. The van der Waals surface area contributed by atoms with E-state index in [1.807, 2.05) is 6.92 Å². The Bertz CT molecular complexity index is 139. The number of likely N-dealkylation sites (tertiary alicyclic amines) is 1. The van der Waals surface area contributed by atoms with Crippen LogP contribution in [0.15, 0.2) is 0 Å². The van der Waals surface area contributed by atoms with E-state index in [4.69, 9.17) is 5.11 Å². The molecule has 0 amide bonds. The molecule has 14 heavy (non-hydrogen) atoms. The molecule has 0 radical (unpaired) electrons. The topological polar surface area (TPSA) is 23.5 Å². The van der Waals surface area contributed by atoms with Crippen molar-refractivity contribution < 1.29 is 5.11 Å². The zero-order valence-corrected chi connectivity index (χ0v) is 9.71. The van der Waals surface area contributed by atoms with Crippen molar-refractivity contribution in [1.82, 2.24) is 4.90 Å². The standard InChI is InChI=1S/C12H25NO/c1-3-12-6-9-13(10-7-12)8-4-5-11(2)14/h11-12,14H,3-10H2,1-2H3. The second kappa shape index (κ2) is 6.41. The summed E-state index contributed by atoms with van der Waals surface area (Å²) in [5.74, 6) is 0.975. The molecule has 1 fully saturated rings. The summed E-state index contributed by atoms with van der Waals surface area (Å²) in [4.78, 5) is 2.55. The van der Waals surface area contributed by atoms with Crippen molar-refractivity contribution >= 4 is 0 Å². The molecule has 2 heteroatoms. The van der Waals surface area contributed by atoms with Gasteiger partial charge in [0.1, 0.15) is 0 Å². The lowest BCUT2D eigenvalue weighted by Crippen LogP contribution is -2.34. The van der Waals surface area contributed by atoms with Crippen molar-refractivity contribution in [2.75, 3.05) is 19.6 Å². The first kappa shape index (κ1) is 12.0. The number of aliphatic hydroxyl groups is 1. The van der Waals surface area contributed by atoms with Gasteiger partial charge in [-0.05, 0) is 58.2 Å². The molecular formula is C12H25NO. The molecule has 0 bridgehead atoms. The average molecular weight is 199 g/mol. The Labute approximate surface area is 88.3 Å². The van der Waals surface area contributed by atoms with Gasteiger partial charge in [0.15, 0.2) is 0 Å².